The second kappa shape index (κ2) is 5.64. The van der Waals surface area contributed by atoms with Crippen molar-refractivity contribution in [3.8, 4) is 16.9 Å². The van der Waals surface area contributed by atoms with Crippen molar-refractivity contribution in [2.24, 2.45) is 0 Å². The Hall–Kier alpha value is -1.62. The monoisotopic (exact) mass is 336 g/mol. The highest BCUT2D eigenvalue weighted by molar-refractivity contribution is 7.14. The summed E-state index contributed by atoms with van der Waals surface area (Å²) in [6.07, 6.45) is 2.48. The van der Waals surface area contributed by atoms with Gasteiger partial charge < -0.3 is 0 Å². The fourth-order valence-corrected chi connectivity index (χ4v) is 3.03. The molecule has 0 aliphatic rings. The third-order valence-corrected chi connectivity index (χ3v) is 4.63. The first-order valence-corrected chi connectivity index (χ1v) is 7.78. The number of nitrogens with zero attached hydrogens (tertiary/aromatic N) is 2. The maximum Gasteiger partial charge on any atom is 0.153 e. The van der Waals surface area contributed by atoms with Crippen molar-refractivity contribution in [1.82, 2.24) is 9.78 Å². The smallest absolute Gasteiger partial charge is 0.153 e. The predicted molar refractivity (Wildman–Crippen MR) is 87.0 cm³/mol. The van der Waals surface area contributed by atoms with Gasteiger partial charge in [-0.05, 0) is 30.7 Å². The van der Waals surface area contributed by atoms with Crippen molar-refractivity contribution >= 4 is 40.8 Å². The molecule has 0 atom stereocenters. The van der Waals surface area contributed by atoms with Crippen LogP contribution in [0.15, 0.2) is 35.8 Å². The standard InChI is InChI=1S/C15H10Cl2N2OS/c1-9-2-3-12(5-13(9)16)19-6-11(7-20)15(18-19)10-4-14(17)21-8-10/h2-8H,1H3. The Morgan fingerprint density at radius 2 is 2.10 bits per heavy atom. The van der Waals surface area contributed by atoms with Crippen LogP contribution >= 0.6 is 34.5 Å². The van der Waals surface area contributed by atoms with Crippen LogP contribution in [-0.4, -0.2) is 16.1 Å². The molecule has 0 N–H and O–H groups in total. The van der Waals surface area contributed by atoms with Crippen LogP contribution in [0.2, 0.25) is 9.36 Å². The van der Waals surface area contributed by atoms with Crippen molar-refractivity contribution in [3.63, 3.8) is 0 Å². The fourth-order valence-electron chi connectivity index (χ4n) is 1.99. The van der Waals surface area contributed by atoms with Crippen LogP contribution in [0.1, 0.15) is 15.9 Å². The van der Waals surface area contributed by atoms with Crippen molar-refractivity contribution in [3.05, 3.63) is 56.3 Å². The lowest BCUT2D eigenvalue weighted by molar-refractivity contribution is 0.112. The number of rotatable bonds is 3. The lowest BCUT2D eigenvalue weighted by atomic mass is 10.2. The first-order chi connectivity index (χ1) is 10.1. The first-order valence-electron chi connectivity index (χ1n) is 6.14. The Balaban J connectivity index is 2.10. The van der Waals surface area contributed by atoms with Crippen molar-refractivity contribution in [2.75, 3.05) is 0 Å². The number of carbonyl (C=O) groups is 1. The van der Waals surface area contributed by atoms with E-state index in [2.05, 4.69) is 5.10 Å². The molecule has 21 heavy (non-hydrogen) atoms. The van der Waals surface area contributed by atoms with E-state index < -0.39 is 0 Å². The molecule has 0 radical (unpaired) electrons. The van der Waals surface area contributed by atoms with E-state index in [4.69, 9.17) is 23.2 Å². The van der Waals surface area contributed by atoms with Gasteiger partial charge in [0, 0.05) is 22.2 Å². The summed E-state index contributed by atoms with van der Waals surface area (Å²) in [5.74, 6) is 0. The zero-order valence-electron chi connectivity index (χ0n) is 11.0. The minimum Gasteiger partial charge on any atom is -0.298 e. The Labute approximate surface area is 135 Å². The van der Waals surface area contributed by atoms with Gasteiger partial charge in [0.15, 0.2) is 6.29 Å². The van der Waals surface area contributed by atoms with Crippen molar-refractivity contribution in [2.45, 2.75) is 6.92 Å². The Morgan fingerprint density at radius 1 is 1.29 bits per heavy atom. The predicted octanol–water partition coefficient (Wildman–Crippen LogP) is 5.03. The molecule has 0 unspecified atom stereocenters. The molecule has 0 saturated heterocycles. The zero-order valence-corrected chi connectivity index (χ0v) is 13.3. The number of aldehydes is 1. The van der Waals surface area contributed by atoms with E-state index in [1.165, 1.54) is 11.3 Å². The minimum absolute atomic E-state index is 0.515. The second-order valence-electron chi connectivity index (χ2n) is 4.57. The SMILES string of the molecule is Cc1ccc(-n2cc(C=O)c(-c3csc(Cl)c3)n2)cc1Cl. The van der Waals surface area contributed by atoms with Gasteiger partial charge in [0.25, 0.3) is 0 Å². The van der Waals surface area contributed by atoms with Crippen LogP contribution in [0.4, 0.5) is 0 Å². The molecule has 3 nitrogen and oxygen atoms in total. The number of hydrogen-bond donors (Lipinski definition) is 0. The molecule has 0 amide bonds. The van der Waals surface area contributed by atoms with E-state index in [9.17, 15) is 4.79 Å². The van der Waals surface area contributed by atoms with E-state index in [1.54, 1.807) is 16.9 Å². The molecule has 106 valence electrons. The summed E-state index contributed by atoms with van der Waals surface area (Å²) in [6, 6.07) is 7.45. The lowest BCUT2D eigenvalue weighted by Gasteiger charge is -2.03. The molecule has 3 rings (SSSR count). The quantitative estimate of drug-likeness (QED) is 0.629. The van der Waals surface area contributed by atoms with E-state index in [0.29, 0.717) is 20.6 Å². The van der Waals surface area contributed by atoms with Crippen LogP contribution in [0, 0.1) is 6.92 Å². The van der Waals surface area contributed by atoms with Crippen LogP contribution in [0.25, 0.3) is 16.9 Å². The van der Waals surface area contributed by atoms with E-state index in [1.807, 2.05) is 30.5 Å². The van der Waals surface area contributed by atoms with Gasteiger partial charge in [-0.25, -0.2) is 4.68 Å². The Bertz CT molecular complexity index is 823. The molecule has 0 aliphatic heterocycles. The second-order valence-corrected chi connectivity index (χ2v) is 6.52. The van der Waals surface area contributed by atoms with E-state index >= 15 is 0 Å². The molecule has 6 heteroatoms. The summed E-state index contributed by atoms with van der Waals surface area (Å²) in [5, 5.41) is 7.02. The molecule has 0 spiro atoms. The van der Waals surface area contributed by atoms with E-state index in [0.717, 1.165) is 23.1 Å². The van der Waals surface area contributed by atoms with Gasteiger partial charge in [0.05, 0.1) is 15.6 Å². The summed E-state index contributed by atoms with van der Waals surface area (Å²) in [5.41, 5.74) is 3.77. The van der Waals surface area contributed by atoms with Crippen LogP contribution in [-0.2, 0) is 0 Å². The molecule has 1 aromatic carbocycles. The number of thiophene rings is 1. The average Bonchev–Trinajstić information content (AvgIpc) is 3.07. The van der Waals surface area contributed by atoms with Gasteiger partial charge in [-0.3, -0.25) is 4.79 Å². The molecular weight excluding hydrogens is 327 g/mol. The summed E-state index contributed by atoms with van der Waals surface area (Å²) in [4.78, 5) is 11.3. The van der Waals surface area contributed by atoms with Gasteiger partial charge in [-0.1, -0.05) is 29.3 Å². The highest BCUT2D eigenvalue weighted by Crippen LogP contribution is 2.30. The number of halogens is 2. The number of aromatic nitrogens is 2. The number of hydrogen-bond acceptors (Lipinski definition) is 3. The zero-order chi connectivity index (χ0) is 15.0. The van der Waals surface area contributed by atoms with Crippen LogP contribution in [0.5, 0.6) is 0 Å². The summed E-state index contributed by atoms with van der Waals surface area (Å²) >= 11 is 13.5. The summed E-state index contributed by atoms with van der Waals surface area (Å²) in [7, 11) is 0. The largest absolute Gasteiger partial charge is 0.298 e. The highest BCUT2D eigenvalue weighted by Gasteiger charge is 2.13. The lowest BCUT2D eigenvalue weighted by Crippen LogP contribution is -1.95. The number of benzene rings is 1. The van der Waals surface area contributed by atoms with Crippen LogP contribution in [0.3, 0.4) is 0 Å². The third-order valence-electron chi connectivity index (χ3n) is 3.13. The maximum atomic E-state index is 11.3. The van der Waals surface area contributed by atoms with Gasteiger partial charge in [0.1, 0.15) is 5.69 Å². The highest BCUT2D eigenvalue weighted by atomic mass is 35.5. The molecule has 0 aliphatic carbocycles. The van der Waals surface area contributed by atoms with Crippen molar-refractivity contribution < 1.29 is 4.79 Å². The Morgan fingerprint density at radius 3 is 2.71 bits per heavy atom. The maximum absolute atomic E-state index is 11.3. The van der Waals surface area contributed by atoms with Gasteiger partial charge in [-0.2, -0.15) is 5.10 Å². The summed E-state index contributed by atoms with van der Waals surface area (Å²) in [6.45, 7) is 1.94. The van der Waals surface area contributed by atoms with Gasteiger partial charge in [-0.15, -0.1) is 11.3 Å². The van der Waals surface area contributed by atoms with E-state index in [-0.39, 0.29) is 0 Å². The van der Waals surface area contributed by atoms with Gasteiger partial charge in [0.2, 0.25) is 0 Å². The molecular formula is C15H10Cl2N2OS. The number of carbonyl (C=O) groups excluding carboxylic acids is 1. The fraction of sp³-hybridized carbons (Fsp3) is 0.0667. The normalized spacial score (nSPS) is 10.8. The minimum atomic E-state index is 0.515. The third kappa shape index (κ3) is 2.75. The Kier molecular flexibility index (Phi) is 3.85. The molecule has 0 saturated carbocycles. The van der Waals surface area contributed by atoms with Gasteiger partial charge >= 0.3 is 0 Å². The molecule has 3 aromatic rings. The average molecular weight is 337 g/mol. The number of aryl methyl sites for hydroxylation is 1. The molecule has 0 bridgehead atoms. The van der Waals surface area contributed by atoms with Crippen LogP contribution < -0.4 is 0 Å². The molecule has 2 aromatic heterocycles. The first kappa shape index (κ1) is 14.3. The molecule has 2 heterocycles. The summed E-state index contributed by atoms with van der Waals surface area (Å²) < 4.78 is 2.31. The topological polar surface area (TPSA) is 34.9 Å². The molecule has 0 fully saturated rings. The van der Waals surface area contributed by atoms with Crippen molar-refractivity contribution in [1.29, 1.82) is 0 Å².